The average molecular weight is 355 g/mol. The number of anilines is 1. The van der Waals surface area contributed by atoms with Crippen molar-refractivity contribution in [2.45, 2.75) is 0 Å². The van der Waals surface area contributed by atoms with Crippen LogP contribution in [-0.2, 0) is 4.79 Å². The number of hydrogen-bond donors (Lipinski definition) is 2. The van der Waals surface area contributed by atoms with E-state index in [4.69, 9.17) is 23.2 Å². The molecule has 0 aliphatic carbocycles. The molecule has 0 unspecified atom stereocenters. The number of aromatic nitrogens is 1. The Hall–Kier alpha value is -2.49. The van der Waals surface area contributed by atoms with E-state index in [9.17, 15) is 4.79 Å². The first-order valence-corrected chi connectivity index (χ1v) is 8.14. The molecule has 118 valence electrons. The number of nitrogens with one attached hydrogen (secondary N) is 2. The van der Waals surface area contributed by atoms with E-state index in [1.54, 1.807) is 12.1 Å². The summed E-state index contributed by atoms with van der Waals surface area (Å²) in [5.41, 5.74) is 4.83. The molecule has 1 aliphatic heterocycles. The van der Waals surface area contributed by atoms with Crippen molar-refractivity contribution in [3.8, 4) is 11.1 Å². The summed E-state index contributed by atoms with van der Waals surface area (Å²) in [7, 11) is 0. The lowest BCUT2D eigenvalue weighted by Crippen LogP contribution is -2.03. The molecular formula is C19H12Cl2N2O. The average Bonchev–Trinajstić information content (AvgIpc) is 3.16. The molecule has 4 rings (SSSR count). The van der Waals surface area contributed by atoms with Gasteiger partial charge in [-0.1, -0.05) is 41.4 Å². The van der Waals surface area contributed by atoms with Gasteiger partial charge >= 0.3 is 0 Å². The Morgan fingerprint density at radius 2 is 1.83 bits per heavy atom. The third kappa shape index (κ3) is 2.52. The first kappa shape index (κ1) is 15.1. The fourth-order valence-corrected chi connectivity index (χ4v) is 3.42. The fourth-order valence-electron chi connectivity index (χ4n) is 2.91. The molecule has 0 fully saturated rings. The van der Waals surface area contributed by atoms with Gasteiger partial charge in [-0.25, -0.2) is 0 Å². The Bertz CT molecular complexity index is 975. The zero-order valence-electron chi connectivity index (χ0n) is 12.4. The molecule has 0 atom stereocenters. The van der Waals surface area contributed by atoms with Crippen molar-refractivity contribution in [3.63, 3.8) is 0 Å². The Morgan fingerprint density at radius 3 is 2.58 bits per heavy atom. The second-order valence-corrected chi connectivity index (χ2v) is 6.33. The van der Waals surface area contributed by atoms with Gasteiger partial charge in [0.25, 0.3) is 5.91 Å². The van der Waals surface area contributed by atoms with Gasteiger partial charge in [-0.3, -0.25) is 4.79 Å². The largest absolute Gasteiger partial charge is 0.362 e. The summed E-state index contributed by atoms with van der Waals surface area (Å²) in [6.07, 6.45) is 3.66. The van der Waals surface area contributed by atoms with Crippen LogP contribution in [0.2, 0.25) is 10.0 Å². The molecule has 2 heterocycles. The van der Waals surface area contributed by atoms with Crippen LogP contribution in [0.3, 0.4) is 0 Å². The normalized spacial score (nSPS) is 14.8. The summed E-state index contributed by atoms with van der Waals surface area (Å²) in [4.78, 5) is 15.5. The highest BCUT2D eigenvalue weighted by Gasteiger charge is 2.27. The van der Waals surface area contributed by atoms with Crippen LogP contribution in [0, 0.1) is 0 Å². The number of halogens is 2. The molecule has 0 spiro atoms. The van der Waals surface area contributed by atoms with Crippen LogP contribution < -0.4 is 5.32 Å². The lowest BCUT2D eigenvalue weighted by Gasteiger charge is -2.10. The molecule has 1 amide bonds. The molecule has 3 nitrogen and oxygen atoms in total. The van der Waals surface area contributed by atoms with E-state index < -0.39 is 0 Å². The number of carbonyl (C=O) groups is 1. The maximum Gasteiger partial charge on any atom is 0.256 e. The molecule has 2 aromatic carbocycles. The minimum atomic E-state index is -0.128. The predicted molar refractivity (Wildman–Crippen MR) is 99.2 cm³/mol. The Morgan fingerprint density at radius 1 is 0.958 bits per heavy atom. The van der Waals surface area contributed by atoms with Gasteiger partial charge in [0, 0.05) is 38.8 Å². The van der Waals surface area contributed by atoms with Crippen LogP contribution in [0.15, 0.2) is 54.7 Å². The number of fused-ring (bicyclic) bond motifs is 1. The van der Waals surface area contributed by atoms with Crippen molar-refractivity contribution in [1.82, 2.24) is 4.98 Å². The van der Waals surface area contributed by atoms with Gasteiger partial charge in [-0.2, -0.15) is 0 Å². The lowest BCUT2D eigenvalue weighted by atomic mass is 9.94. The zero-order chi connectivity index (χ0) is 16.7. The minimum Gasteiger partial charge on any atom is -0.362 e. The summed E-state index contributed by atoms with van der Waals surface area (Å²) >= 11 is 12.4. The number of carbonyl (C=O) groups excluding carboxylic acids is 1. The molecular weight excluding hydrogens is 343 g/mol. The molecule has 3 aromatic rings. The van der Waals surface area contributed by atoms with E-state index in [0.717, 1.165) is 28.1 Å². The monoisotopic (exact) mass is 354 g/mol. The van der Waals surface area contributed by atoms with Gasteiger partial charge in [-0.05, 0) is 42.0 Å². The first-order valence-electron chi connectivity index (χ1n) is 7.39. The second-order valence-electron chi connectivity index (χ2n) is 5.49. The van der Waals surface area contributed by atoms with Crippen molar-refractivity contribution in [3.05, 3.63) is 76.0 Å². The van der Waals surface area contributed by atoms with Gasteiger partial charge in [0.05, 0.1) is 5.57 Å². The maximum atomic E-state index is 12.4. The first-order chi connectivity index (χ1) is 11.6. The smallest absolute Gasteiger partial charge is 0.256 e. The molecule has 0 radical (unpaired) electrons. The molecule has 24 heavy (non-hydrogen) atoms. The van der Waals surface area contributed by atoms with Crippen molar-refractivity contribution in [1.29, 1.82) is 0 Å². The highest BCUT2D eigenvalue weighted by atomic mass is 35.5. The minimum absolute atomic E-state index is 0.128. The van der Waals surface area contributed by atoms with Crippen LogP contribution >= 0.6 is 23.2 Å². The van der Waals surface area contributed by atoms with Crippen LogP contribution in [0.1, 0.15) is 11.3 Å². The van der Waals surface area contributed by atoms with Crippen LogP contribution in [-0.4, -0.2) is 10.9 Å². The van der Waals surface area contributed by atoms with Gasteiger partial charge in [0.15, 0.2) is 0 Å². The summed E-state index contributed by atoms with van der Waals surface area (Å²) < 4.78 is 0. The highest BCUT2D eigenvalue weighted by Crippen LogP contribution is 2.42. The van der Waals surface area contributed by atoms with Crippen LogP contribution in [0.4, 0.5) is 5.69 Å². The van der Waals surface area contributed by atoms with Gasteiger partial charge in [-0.15, -0.1) is 0 Å². The number of aromatic amines is 1. The Kier molecular flexibility index (Phi) is 3.68. The molecule has 2 N–H and O–H groups in total. The number of amides is 1. The van der Waals surface area contributed by atoms with Crippen molar-refractivity contribution in [2.75, 3.05) is 5.32 Å². The van der Waals surface area contributed by atoms with Gasteiger partial charge in [0.2, 0.25) is 0 Å². The SMILES string of the molecule is O=C1Nc2cccc(-c3ccc(Cl)cc3Cl)c2C1=Cc1ccc[nH]1. The number of rotatable bonds is 2. The van der Waals surface area contributed by atoms with Crippen LogP contribution in [0.5, 0.6) is 0 Å². The van der Waals surface area contributed by atoms with E-state index in [1.807, 2.05) is 48.7 Å². The highest BCUT2D eigenvalue weighted by molar-refractivity contribution is 6.38. The number of benzene rings is 2. The second kappa shape index (κ2) is 5.86. The van der Waals surface area contributed by atoms with E-state index in [1.165, 1.54) is 0 Å². The quantitative estimate of drug-likeness (QED) is 0.588. The van der Waals surface area contributed by atoms with E-state index in [0.29, 0.717) is 15.6 Å². The van der Waals surface area contributed by atoms with Gasteiger partial charge < -0.3 is 10.3 Å². The molecule has 1 aromatic heterocycles. The summed E-state index contributed by atoms with van der Waals surface area (Å²) in [6, 6.07) is 14.9. The van der Waals surface area contributed by atoms with E-state index in [-0.39, 0.29) is 5.91 Å². The number of hydrogen-bond acceptors (Lipinski definition) is 1. The van der Waals surface area contributed by atoms with Crippen molar-refractivity contribution < 1.29 is 4.79 Å². The third-order valence-electron chi connectivity index (χ3n) is 3.97. The fraction of sp³-hybridized carbons (Fsp3) is 0. The summed E-state index contributed by atoms with van der Waals surface area (Å²) in [5.74, 6) is -0.128. The standard InChI is InChI=1S/C19H12Cl2N2O/c20-11-6-7-13(16(21)9-11)14-4-1-5-17-18(14)15(19(24)23-17)10-12-3-2-8-22-12/h1-10,22H,(H,23,24). The zero-order valence-corrected chi connectivity index (χ0v) is 13.9. The maximum absolute atomic E-state index is 12.4. The Balaban J connectivity index is 1.94. The van der Waals surface area contributed by atoms with Crippen molar-refractivity contribution >= 4 is 46.4 Å². The predicted octanol–water partition coefficient (Wildman–Crippen LogP) is 5.48. The number of H-pyrrole nitrogens is 1. The van der Waals surface area contributed by atoms with Crippen molar-refractivity contribution in [2.24, 2.45) is 0 Å². The molecule has 0 saturated carbocycles. The summed E-state index contributed by atoms with van der Waals surface area (Å²) in [5, 5.41) is 4.04. The Labute approximate surface area is 148 Å². The molecule has 5 heteroatoms. The van der Waals surface area contributed by atoms with E-state index >= 15 is 0 Å². The summed E-state index contributed by atoms with van der Waals surface area (Å²) in [6.45, 7) is 0. The third-order valence-corrected chi connectivity index (χ3v) is 4.52. The topological polar surface area (TPSA) is 44.9 Å². The molecule has 0 saturated heterocycles. The lowest BCUT2D eigenvalue weighted by molar-refractivity contribution is -0.110. The van der Waals surface area contributed by atoms with Crippen LogP contribution in [0.25, 0.3) is 22.8 Å². The molecule has 1 aliphatic rings. The van der Waals surface area contributed by atoms with E-state index in [2.05, 4.69) is 10.3 Å². The van der Waals surface area contributed by atoms with Gasteiger partial charge in [0.1, 0.15) is 0 Å². The molecule has 0 bridgehead atoms.